The van der Waals surface area contributed by atoms with Crippen LogP contribution in [0.15, 0.2) is 54.6 Å². The molecule has 21 heavy (non-hydrogen) atoms. The predicted molar refractivity (Wildman–Crippen MR) is 82.8 cm³/mol. The van der Waals surface area contributed by atoms with Crippen LogP contribution < -0.4 is 15.0 Å². The van der Waals surface area contributed by atoms with Crippen LogP contribution in [0.3, 0.4) is 0 Å². The first-order valence-electron chi connectivity index (χ1n) is 7.02. The Hall–Kier alpha value is -2.49. The molecule has 1 N–H and O–H groups in total. The van der Waals surface area contributed by atoms with Crippen LogP contribution in [0.4, 0.5) is 10.5 Å². The lowest BCUT2D eigenvalue weighted by Crippen LogP contribution is -2.29. The highest BCUT2D eigenvalue weighted by atomic mass is 16.5. The van der Waals surface area contributed by atoms with E-state index in [-0.39, 0.29) is 12.1 Å². The Labute approximate surface area is 124 Å². The number of hydrogen-bond donors (Lipinski definition) is 1. The summed E-state index contributed by atoms with van der Waals surface area (Å²) in [5, 5.41) is 3.04. The predicted octanol–water partition coefficient (Wildman–Crippen LogP) is 2.84. The highest BCUT2D eigenvalue weighted by Crippen LogP contribution is 2.20. The van der Waals surface area contributed by atoms with E-state index in [9.17, 15) is 4.79 Å². The zero-order valence-corrected chi connectivity index (χ0v) is 12.0. The minimum absolute atomic E-state index is 0.0280. The second-order valence-corrected chi connectivity index (χ2v) is 5.14. The van der Waals surface area contributed by atoms with E-state index in [2.05, 4.69) is 5.32 Å². The fraction of sp³-hybridized carbons (Fsp3) is 0.235. The van der Waals surface area contributed by atoms with Gasteiger partial charge < -0.3 is 10.1 Å². The summed E-state index contributed by atoms with van der Waals surface area (Å²) < 4.78 is 5.15. The summed E-state index contributed by atoms with van der Waals surface area (Å²) >= 11 is 0. The standard InChI is InChI=1S/C17H18N2O2/c1-21-16-9-7-13(8-10-16)11-14-12-19(17(20)18-14)15-5-3-2-4-6-15/h2-10,14H,11-12H2,1H3,(H,18,20)/t14-/m0/s1. The molecule has 1 aliphatic rings. The highest BCUT2D eigenvalue weighted by Gasteiger charge is 2.29. The van der Waals surface area contributed by atoms with Gasteiger partial charge in [-0.2, -0.15) is 0 Å². The number of benzene rings is 2. The topological polar surface area (TPSA) is 41.6 Å². The lowest BCUT2D eigenvalue weighted by molar-refractivity contribution is 0.251. The summed E-state index contributed by atoms with van der Waals surface area (Å²) in [4.78, 5) is 13.9. The van der Waals surface area contributed by atoms with E-state index in [1.165, 1.54) is 5.56 Å². The third-order valence-electron chi connectivity index (χ3n) is 3.68. The van der Waals surface area contributed by atoms with Crippen molar-refractivity contribution in [2.75, 3.05) is 18.6 Å². The minimum atomic E-state index is -0.0280. The van der Waals surface area contributed by atoms with Crippen LogP contribution >= 0.6 is 0 Å². The van der Waals surface area contributed by atoms with Gasteiger partial charge in [0.15, 0.2) is 0 Å². The molecule has 0 spiro atoms. The molecule has 0 radical (unpaired) electrons. The SMILES string of the molecule is COc1ccc(C[C@H]2CN(c3ccccc3)C(=O)N2)cc1. The number of anilines is 1. The van der Waals surface area contributed by atoms with Gasteiger partial charge in [-0.15, -0.1) is 0 Å². The number of amides is 2. The van der Waals surface area contributed by atoms with Crippen LogP contribution in [-0.4, -0.2) is 25.7 Å². The number of carbonyl (C=O) groups is 1. The zero-order chi connectivity index (χ0) is 14.7. The Balaban J connectivity index is 1.67. The molecule has 1 heterocycles. The molecule has 2 aromatic rings. The number of hydrogen-bond acceptors (Lipinski definition) is 2. The Bertz CT molecular complexity index is 610. The van der Waals surface area contributed by atoms with Gasteiger partial charge >= 0.3 is 6.03 Å². The molecule has 0 unspecified atom stereocenters. The molecule has 1 fully saturated rings. The molecule has 1 atom stereocenters. The molecular formula is C17H18N2O2. The Morgan fingerprint density at radius 3 is 2.52 bits per heavy atom. The molecule has 0 saturated carbocycles. The second kappa shape index (κ2) is 5.87. The molecule has 4 nitrogen and oxygen atoms in total. The van der Waals surface area contributed by atoms with Gasteiger partial charge in [-0.25, -0.2) is 4.79 Å². The molecule has 1 saturated heterocycles. The maximum absolute atomic E-state index is 12.1. The van der Waals surface area contributed by atoms with Crippen LogP contribution in [0.25, 0.3) is 0 Å². The van der Waals surface area contributed by atoms with Crippen LogP contribution in [0.2, 0.25) is 0 Å². The number of urea groups is 1. The molecule has 0 bridgehead atoms. The fourth-order valence-electron chi connectivity index (χ4n) is 2.59. The second-order valence-electron chi connectivity index (χ2n) is 5.14. The van der Waals surface area contributed by atoms with Gasteiger partial charge in [0.25, 0.3) is 0 Å². The molecule has 108 valence electrons. The maximum atomic E-state index is 12.1. The van der Waals surface area contributed by atoms with Gasteiger partial charge in [-0.3, -0.25) is 4.90 Å². The van der Waals surface area contributed by atoms with Crippen molar-refractivity contribution >= 4 is 11.7 Å². The first-order valence-corrected chi connectivity index (χ1v) is 7.02. The van der Waals surface area contributed by atoms with Gasteiger partial charge in [-0.1, -0.05) is 30.3 Å². The van der Waals surface area contributed by atoms with Gasteiger partial charge in [0.2, 0.25) is 0 Å². The number of nitrogens with one attached hydrogen (secondary N) is 1. The molecular weight excluding hydrogens is 264 g/mol. The van der Waals surface area contributed by atoms with Crippen LogP contribution in [0.1, 0.15) is 5.56 Å². The molecule has 3 rings (SSSR count). The summed E-state index contributed by atoms with van der Waals surface area (Å²) in [5.74, 6) is 0.847. The number of nitrogens with zero attached hydrogens (tertiary/aromatic N) is 1. The van der Waals surface area contributed by atoms with Crippen LogP contribution in [0, 0.1) is 0 Å². The third-order valence-corrected chi connectivity index (χ3v) is 3.68. The first kappa shape index (κ1) is 13.5. The first-order chi connectivity index (χ1) is 10.3. The Morgan fingerprint density at radius 1 is 1.14 bits per heavy atom. The molecule has 1 aliphatic heterocycles. The molecule has 0 aliphatic carbocycles. The minimum Gasteiger partial charge on any atom is -0.497 e. The molecule has 2 amide bonds. The van der Waals surface area contributed by atoms with E-state index >= 15 is 0 Å². The van der Waals surface area contributed by atoms with Gasteiger partial charge in [0, 0.05) is 12.2 Å². The largest absolute Gasteiger partial charge is 0.497 e. The van der Waals surface area contributed by atoms with Gasteiger partial charge in [-0.05, 0) is 36.2 Å². The third kappa shape index (κ3) is 2.99. The van der Waals surface area contributed by atoms with Crippen molar-refractivity contribution in [1.82, 2.24) is 5.32 Å². The van der Waals surface area contributed by atoms with Crippen molar-refractivity contribution in [1.29, 1.82) is 0 Å². The lowest BCUT2D eigenvalue weighted by Gasteiger charge is -2.14. The highest BCUT2D eigenvalue weighted by molar-refractivity contribution is 5.94. The van der Waals surface area contributed by atoms with Crippen molar-refractivity contribution in [2.45, 2.75) is 12.5 Å². The molecule has 4 heteroatoms. The van der Waals surface area contributed by atoms with E-state index in [0.717, 1.165) is 17.9 Å². The summed E-state index contributed by atoms with van der Waals surface area (Å²) in [6.07, 6.45) is 0.819. The average Bonchev–Trinajstić information content (AvgIpc) is 2.89. The number of para-hydroxylation sites is 1. The lowest BCUT2D eigenvalue weighted by atomic mass is 10.1. The quantitative estimate of drug-likeness (QED) is 0.937. The van der Waals surface area contributed by atoms with E-state index in [1.807, 2.05) is 54.6 Å². The Morgan fingerprint density at radius 2 is 1.86 bits per heavy atom. The van der Waals surface area contributed by atoms with Gasteiger partial charge in [0.05, 0.1) is 13.2 Å². The number of ether oxygens (including phenoxy) is 1. The van der Waals surface area contributed by atoms with Crippen molar-refractivity contribution < 1.29 is 9.53 Å². The van der Waals surface area contributed by atoms with Crippen molar-refractivity contribution in [3.8, 4) is 5.75 Å². The van der Waals surface area contributed by atoms with Crippen molar-refractivity contribution in [3.05, 3.63) is 60.2 Å². The van der Waals surface area contributed by atoms with Crippen LogP contribution in [0.5, 0.6) is 5.75 Å². The summed E-state index contributed by atoms with van der Waals surface area (Å²) in [6, 6.07) is 17.8. The van der Waals surface area contributed by atoms with E-state index in [0.29, 0.717) is 6.54 Å². The Kier molecular flexibility index (Phi) is 3.77. The van der Waals surface area contributed by atoms with E-state index in [4.69, 9.17) is 4.74 Å². The monoisotopic (exact) mass is 282 g/mol. The normalized spacial score (nSPS) is 17.7. The molecule has 2 aromatic carbocycles. The molecule has 0 aromatic heterocycles. The summed E-state index contributed by atoms with van der Waals surface area (Å²) in [6.45, 7) is 0.689. The van der Waals surface area contributed by atoms with Gasteiger partial charge in [0.1, 0.15) is 5.75 Å². The average molecular weight is 282 g/mol. The van der Waals surface area contributed by atoms with Crippen molar-refractivity contribution in [3.63, 3.8) is 0 Å². The fourth-order valence-corrected chi connectivity index (χ4v) is 2.59. The van der Waals surface area contributed by atoms with Crippen LogP contribution in [-0.2, 0) is 6.42 Å². The number of rotatable bonds is 4. The zero-order valence-electron chi connectivity index (χ0n) is 12.0. The number of methoxy groups -OCH3 is 1. The van der Waals surface area contributed by atoms with E-state index < -0.39 is 0 Å². The smallest absolute Gasteiger partial charge is 0.322 e. The summed E-state index contributed by atoms with van der Waals surface area (Å²) in [5.41, 5.74) is 2.13. The number of carbonyl (C=O) groups excluding carboxylic acids is 1. The van der Waals surface area contributed by atoms with E-state index in [1.54, 1.807) is 12.0 Å². The maximum Gasteiger partial charge on any atom is 0.322 e. The summed E-state index contributed by atoms with van der Waals surface area (Å²) in [7, 11) is 1.66. The van der Waals surface area contributed by atoms with Crippen molar-refractivity contribution in [2.24, 2.45) is 0 Å².